The van der Waals surface area contributed by atoms with Crippen molar-refractivity contribution in [2.24, 2.45) is 0 Å². The molecule has 0 spiro atoms. The van der Waals surface area contributed by atoms with Crippen LogP contribution in [-0.4, -0.2) is 19.3 Å². The van der Waals surface area contributed by atoms with Gasteiger partial charge in [0, 0.05) is 0 Å². The van der Waals surface area contributed by atoms with Gasteiger partial charge in [0.2, 0.25) is 0 Å². The van der Waals surface area contributed by atoms with E-state index in [-0.39, 0.29) is 18.3 Å². The first-order chi connectivity index (χ1) is 9.36. The van der Waals surface area contributed by atoms with Gasteiger partial charge in [-0.2, -0.15) is 13.2 Å². The highest BCUT2D eigenvalue weighted by Crippen LogP contribution is 2.34. The van der Waals surface area contributed by atoms with Crippen LogP contribution in [0.25, 0.3) is 0 Å². The van der Waals surface area contributed by atoms with Crippen LogP contribution in [0.15, 0.2) is 24.3 Å². The quantitative estimate of drug-likeness (QED) is 0.813. The molecule has 20 heavy (non-hydrogen) atoms. The van der Waals surface area contributed by atoms with Gasteiger partial charge >= 0.3 is 6.18 Å². The lowest BCUT2D eigenvalue weighted by atomic mass is 10.00. The smallest absolute Gasteiger partial charge is 0.377 e. The lowest BCUT2D eigenvalue weighted by molar-refractivity contribution is -0.138. The van der Waals surface area contributed by atoms with Crippen LogP contribution in [0, 0.1) is 0 Å². The molecule has 0 aliphatic rings. The number of benzene rings is 1. The van der Waals surface area contributed by atoms with Crippen LogP contribution in [0.3, 0.4) is 0 Å². The van der Waals surface area contributed by atoms with Crippen LogP contribution in [0.5, 0.6) is 0 Å². The summed E-state index contributed by atoms with van der Waals surface area (Å²) in [5.41, 5.74) is -0.352. The first kappa shape index (κ1) is 17.0. The van der Waals surface area contributed by atoms with E-state index >= 15 is 0 Å². The Kier molecular flexibility index (Phi) is 6.49. The molecule has 114 valence electrons. The van der Waals surface area contributed by atoms with E-state index in [1.165, 1.54) is 12.1 Å². The molecule has 0 amide bonds. The van der Waals surface area contributed by atoms with Crippen molar-refractivity contribution in [1.29, 1.82) is 0 Å². The molecule has 0 heterocycles. The van der Waals surface area contributed by atoms with Gasteiger partial charge < -0.3 is 10.1 Å². The predicted octanol–water partition coefficient (Wildman–Crippen LogP) is 4.17. The summed E-state index contributed by atoms with van der Waals surface area (Å²) in [5.74, 6) is 0. The summed E-state index contributed by atoms with van der Waals surface area (Å²) in [6.45, 7) is 6.59. The molecule has 5 heteroatoms. The maximum absolute atomic E-state index is 13.1. The maximum atomic E-state index is 13.1. The second-order valence-electron chi connectivity index (χ2n) is 4.97. The van der Waals surface area contributed by atoms with Gasteiger partial charge in [0.15, 0.2) is 0 Å². The monoisotopic (exact) mass is 289 g/mol. The second kappa shape index (κ2) is 7.64. The lowest BCUT2D eigenvalue weighted by Crippen LogP contribution is -2.29. The zero-order valence-corrected chi connectivity index (χ0v) is 12.1. The van der Waals surface area contributed by atoms with Gasteiger partial charge in [0.05, 0.1) is 24.3 Å². The van der Waals surface area contributed by atoms with Crippen LogP contribution in [0.1, 0.15) is 44.4 Å². The number of ether oxygens (including phenoxy) is 1. The molecular weight excluding hydrogens is 267 g/mol. The number of alkyl halides is 3. The molecule has 0 bridgehead atoms. The zero-order valence-electron chi connectivity index (χ0n) is 12.1. The molecule has 0 saturated heterocycles. The van der Waals surface area contributed by atoms with Gasteiger partial charge in [-0.25, -0.2) is 0 Å². The first-order valence-corrected chi connectivity index (χ1v) is 6.87. The van der Waals surface area contributed by atoms with Crippen molar-refractivity contribution >= 4 is 0 Å². The second-order valence-corrected chi connectivity index (χ2v) is 4.97. The molecule has 0 aliphatic heterocycles. The molecule has 0 radical (unpaired) electrons. The molecule has 1 rings (SSSR count). The summed E-state index contributed by atoms with van der Waals surface area (Å²) in [5, 5.41) is 3.13. The average Bonchev–Trinajstić information content (AvgIpc) is 2.37. The summed E-state index contributed by atoms with van der Waals surface area (Å²) in [7, 11) is 0. The Morgan fingerprint density at radius 3 is 2.40 bits per heavy atom. The summed E-state index contributed by atoms with van der Waals surface area (Å²) in [6.07, 6.45) is -3.51. The van der Waals surface area contributed by atoms with Crippen molar-refractivity contribution in [2.45, 2.75) is 45.5 Å². The minimum Gasteiger partial charge on any atom is -0.377 e. The Bertz CT molecular complexity index is 404. The fourth-order valence-corrected chi connectivity index (χ4v) is 1.92. The Morgan fingerprint density at radius 2 is 1.85 bits per heavy atom. The average molecular weight is 289 g/mol. The number of hydrogen-bond acceptors (Lipinski definition) is 2. The van der Waals surface area contributed by atoms with E-state index in [0.717, 1.165) is 12.5 Å². The first-order valence-electron chi connectivity index (χ1n) is 6.87. The fraction of sp³-hybridized carbons (Fsp3) is 0.600. The highest BCUT2D eigenvalue weighted by atomic mass is 19.4. The van der Waals surface area contributed by atoms with E-state index in [4.69, 9.17) is 4.74 Å². The minimum absolute atomic E-state index is 0.0148. The molecule has 1 atom stereocenters. The Labute approximate surface area is 118 Å². The Morgan fingerprint density at radius 1 is 1.20 bits per heavy atom. The molecule has 0 saturated carbocycles. The van der Waals surface area contributed by atoms with Crippen molar-refractivity contribution in [3.8, 4) is 0 Å². The molecule has 0 aliphatic carbocycles. The van der Waals surface area contributed by atoms with Gasteiger partial charge in [0.25, 0.3) is 0 Å². The molecule has 1 aromatic rings. The van der Waals surface area contributed by atoms with Crippen molar-refractivity contribution in [3.63, 3.8) is 0 Å². The molecule has 2 nitrogen and oxygen atoms in total. The van der Waals surface area contributed by atoms with Crippen LogP contribution < -0.4 is 5.32 Å². The van der Waals surface area contributed by atoms with Gasteiger partial charge in [-0.05, 0) is 38.4 Å². The lowest BCUT2D eigenvalue weighted by Gasteiger charge is -2.23. The van der Waals surface area contributed by atoms with Crippen LogP contribution in [0.4, 0.5) is 13.2 Å². The molecule has 0 aromatic heterocycles. The zero-order chi connectivity index (χ0) is 15.2. The van der Waals surface area contributed by atoms with Crippen molar-refractivity contribution in [2.75, 3.05) is 13.2 Å². The number of rotatable bonds is 7. The van der Waals surface area contributed by atoms with Gasteiger partial charge in [-0.15, -0.1) is 0 Å². The largest absolute Gasteiger partial charge is 0.416 e. The number of halogens is 3. The van der Waals surface area contributed by atoms with E-state index in [9.17, 15) is 13.2 Å². The third kappa shape index (κ3) is 5.13. The van der Waals surface area contributed by atoms with E-state index < -0.39 is 17.8 Å². The minimum atomic E-state index is -4.35. The summed E-state index contributed by atoms with van der Waals surface area (Å²) in [6, 6.07) is 5.22. The van der Waals surface area contributed by atoms with Gasteiger partial charge in [-0.3, -0.25) is 0 Å². The summed E-state index contributed by atoms with van der Waals surface area (Å²) in [4.78, 5) is 0. The van der Waals surface area contributed by atoms with E-state index in [2.05, 4.69) is 5.32 Å². The Hall–Kier alpha value is -1.07. The molecule has 1 unspecified atom stereocenters. The predicted molar refractivity (Wildman–Crippen MR) is 73.6 cm³/mol. The van der Waals surface area contributed by atoms with Crippen LogP contribution in [-0.2, 0) is 10.9 Å². The van der Waals surface area contributed by atoms with Crippen molar-refractivity contribution in [3.05, 3.63) is 35.4 Å². The number of hydrogen-bond donors (Lipinski definition) is 1. The normalized spacial score (nSPS) is 13.8. The Balaban J connectivity index is 3.00. The topological polar surface area (TPSA) is 21.3 Å². The fourth-order valence-electron chi connectivity index (χ4n) is 1.92. The third-order valence-electron chi connectivity index (χ3n) is 2.88. The summed E-state index contributed by atoms with van der Waals surface area (Å²) >= 11 is 0. The van der Waals surface area contributed by atoms with E-state index in [1.54, 1.807) is 6.07 Å². The highest BCUT2D eigenvalue weighted by molar-refractivity contribution is 5.32. The van der Waals surface area contributed by atoms with Gasteiger partial charge in [-0.1, -0.05) is 25.1 Å². The standard InChI is InChI=1S/C15H22F3NO/c1-4-9-19-14(10-20-11(2)3)12-7-5-6-8-13(12)15(16,17)18/h5-8,11,14,19H,4,9-10H2,1-3H3. The molecule has 1 aromatic carbocycles. The maximum Gasteiger partial charge on any atom is 0.416 e. The van der Waals surface area contributed by atoms with Crippen molar-refractivity contribution in [1.82, 2.24) is 5.32 Å². The highest BCUT2D eigenvalue weighted by Gasteiger charge is 2.34. The van der Waals surface area contributed by atoms with E-state index in [0.29, 0.717) is 6.54 Å². The molecule has 0 fully saturated rings. The van der Waals surface area contributed by atoms with Crippen LogP contribution >= 0.6 is 0 Å². The summed E-state index contributed by atoms with van der Waals surface area (Å²) < 4.78 is 44.7. The van der Waals surface area contributed by atoms with E-state index in [1.807, 2.05) is 20.8 Å². The molecular formula is C15H22F3NO. The molecule has 1 N–H and O–H groups in total. The van der Waals surface area contributed by atoms with Crippen molar-refractivity contribution < 1.29 is 17.9 Å². The SMILES string of the molecule is CCCNC(COC(C)C)c1ccccc1C(F)(F)F. The van der Waals surface area contributed by atoms with Gasteiger partial charge in [0.1, 0.15) is 0 Å². The third-order valence-corrected chi connectivity index (χ3v) is 2.88. The number of nitrogens with one attached hydrogen (secondary N) is 1. The van der Waals surface area contributed by atoms with Crippen LogP contribution in [0.2, 0.25) is 0 Å².